The minimum absolute atomic E-state index is 0.0446. The molecule has 0 aliphatic rings. The van der Waals surface area contributed by atoms with Gasteiger partial charge in [-0.2, -0.15) is 0 Å². The Morgan fingerprint density at radius 2 is 2.20 bits per heavy atom. The number of rotatable bonds is 6. The molecule has 2 aromatic rings. The molecule has 0 aliphatic carbocycles. The van der Waals surface area contributed by atoms with Crippen LogP contribution in [-0.2, 0) is 4.79 Å². The number of aromatic nitrogens is 1. The van der Waals surface area contributed by atoms with Gasteiger partial charge in [0, 0.05) is 24.7 Å². The molecule has 2 rings (SSSR count). The molecular formula is C14H16ClN3O2. The van der Waals surface area contributed by atoms with Crippen LogP contribution in [0.5, 0.6) is 5.75 Å². The molecule has 0 atom stereocenters. The van der Waals surface area contributed by atoms with Crippen LogP contribution < -0.4 is 15.4 Å². The number of halogens is 1. The molecule has 20 heavy (non-hydrogen) atoms. The van der Waals surface area contributed by atoms with Crippen molar-refractivity contribution in [1.82, 2.24) is 15.6 Å². The van der Waals surface area contributed by atoms with E-state index in [1.807, 2.05) is 19.2 Å². The lowest BCUT2D eigenvalue weighted by Gasteiger charge is -2.09. The zero-order chi connectivity index (χ0) is 14.4. The summed E-state index contributed by atoms with van der Waals surface area (Å²) < 4.78 is 5.51. The van der Waals surface area contributed by atoms with Crippen LogP contribution in [0.2, 0.25) is 5.02 Å². The fourth-order valence-electron chi connectivity index (χ4n) is 1.75. The third-order valence-electron chi connectivity index (χ3n) is 2.74. The number of nitrogens with zero attached hydrogens (tertiary/aromatic N) is 1. The Kier molecular flexibility index (Phi) is 5.15. The number of carbonyl (C=O) groups is 1. The van der Waals surface area contributed by atoms with E-state index in [9.17, 15) is 4.79 Å². The number of likely N-dealkylation sites (N-methyl/N-ethyl adjacent to an activating group) is 1. The molecule has 0 fully saturated rings. The lowest BCUT2D eigenvalue weighted by atomic mass is 10.2. The van der Waals surface area contributed by atoms with E-state index in [1.54, 1.807) is 18.3 Å². The lowest BCUT2D eigenvalue weighted by Crippen LogP contribution is -2.33. The van der Waals surface area contributed by atoms with Crippen molar-refractivity contribution < 1.29 is 9.53 Å². The van der Waals surface area contributed by atoms with Gasteiger partial charge in [-0.15, -0.1) is 0 Å². The van der Waals surface area contributed by atoms with Crippen LogP contribution in [0.1, 0.15) is 0 Å². The van der Waals surface area contributed by atoms with Crippen LogP contribution in [0.3, 0.4) is 0 Å². The molecule has 1 aromatic heterocycles. The Morgan fingerprint density at radius 1 is 1.35 bits per heavy atom. The quantitative estimate of drug-likeness (QED) is 0.794. The van der Waals surface area contributed by atoms with Gasteiger partial charge >= 0.3 is 0 Å². The summed E-state index contributed by atoms with van der Waals surface area (Å²) in [5.74, 6) is 0.382. The van der Waals surface area contributed by atoms with Gasteiger partial charge < -0.3 is 15.4 Å². The van der Waals surface area contributed by atoms with Crippen molar-refractivity contribution in [3.05, 3.63) is 35.5 Å². The van der Waals surface area contributed by atoms with Crippen LogP contribution in [0, 0.1) is 0 Å². The van der Waals surface area contributed by atoms with Crippen molar-refractivity contribution in [2.24, 2.45) is 0 Å². The summed E-state index contributed by atoms with van der Waals surface area (Å²) in [4.78, 5) is 15.8. The minimum Gasteiger partial charge on any atom is -0.481 e. The highest BCUT2D eigenvalue weighted by molar-refractivity contribution is 6.35. The van der Waals surface area contributed by atoms with Gasteiger partial charge in [-0.05, 0) is 31.3 Å². The SMILES string of the molecule is CNCCNC(=O)COc1ccc(Cl)c2cccnc12. The van der Waals surface area contributed by atoms with Crippen LogP contribution in [-0.4, -0.2) is 37.6 Å². The Labute approximate surface area is 122 Å². The van der Waals surface area contributed by atoms with Crippen LogP contribution in [0.25, 0.3) is 10.9 Å². The van der Waals surface area contributed by atoms with Crippen molar-refractivity contribution in [3.63, 3.8) is 0 Å². The van der Waals surface area contributed by atoms with Gasteiger partial charge in [-0.1, -0.05) is 11.6 Å². The first-order valence-electron chi connectivity index (χ1n) is 6.29. The summed E-state index contributed by atoms with van der Waals surface area (Å²) in [5.41, 5.74) is 0.656. The molecule has 106 valence electrons. The van der Waals surface area contributed by atoms with E-state index in [0.717, 1.165) is 11.9 Å². The van der Waals surface area contributed by atoms with Crippen molar-refractivity contribution in [2.75, 3.05) is 26.7 Å². The maximum atomic E-state index is 11.6. The lowest BCUT2D eigenvalue weighted by molar-refractivity contribution is -0.123. The standard InChI is InChI=1S/C14H16ClN3O2/c1-16-7-8-17-13(19)9-20-12-5-4-11(15)10-3-2-6-18-14(10)12/h2-6,16H,7-9H2,1H3,(H,17,19). The van der Waals surface area contributed by atoms with Gasteiger partial charge in [0.25, 0.3) is 5.91 Å². The molecule has 0 saturated heterocycles. The van der Waals surface area contributed by atoms with E-state index >= 15 is 0 Å². The third-order valence-corrected chi connectivity index (χ3v) is 3.06. The molecule has 0 bridgehead atoms. The normalized spacial score (nSPS) is 10.5. The molecule has 0 aliphatic heterocycles. The molecule has 1 heterocycles. The van der Waals surface area contributed by atoms with Crippen molar-refractivity contribution in [1.29, 1.82) is 0 Å². The summed E-state index contributed by atoms with van der Waals surface area (Å²) in [6.45, 7) is 1.24. The van der Waals surface area contributed by atoms with E-state index < -0.39 is 0 Å². The second-order valence-electron chi connectivity index (χ2n) is 4.19. The van der Waals surface area contributed by atoms with E-state index in [1.165, 1.54) is 0 Å². The number of hydrogen-bond acceptors (Lipinski definition) is 4. The average molecular weight is 294 g/mol. The maximum Gasteiger partial charge on any atom is 0.257 e. The Bertz CT molecular complexity index is 604. The fourth-order valence-corrected chi connectivity index (χ4v) is 1.97. The van der Waals surface area contributed by atoms with Crippen LogP contribution >= 0.6 is 11.6 Å². The summed E-state index contributed by atoms with van der Waals surface area (Å²) in [6, 6.07) is 7.13. The number of benzene rings is 1. The molecular weight excluding hydrogens is 278 g/mol. The summed E-state index contributed by atoms with van der Waals surface area (Å²) >= 11 is 6.09. The molecule has 0 radical (unpaired) electrons. The second kappa shape index (κ2) is 7.07. The largest absolute Gasteiger partial charge is 0.481 e. The number of fused-ring (bicyclic) bond motifs is 1. The zero-order valence-corrected chi connectivity index (χ0v) is 11.9. The Balaban J connectivity index is 2.03. The topological polar surface area (TPSA) is 63.2 Å². The number of nitrogens with one attached hydrogen (secondary N) is 2. The number of hydrogen-bond donors (Lipinski definition) is 2. The number of amides is 1. The molecule has 0 spiro atoms. The van der Waals surface area contributed by atoms with Crippen molar-refractivity contribution in [3.8, 4) is 5.75 Å². The number of carbonyl (C=O) groups excluding carboxylic acids is 1. The smallest absolute Gasteiger partial charge is 0.257 e. The molecule has 0 unspecified atom stereocenters. The molecule has 1 amide bonds. The average Bonchev–Trinajstić information content (AvgIpc) is 2.47. The summed E-state index contributed by atoms with van der Waals surface area (Å²) in [7, 11) is 1.83. The number of pyridine rings is 1. The first-order chi connectivity index (χ1) is 9.72. The third kappa shape index (κ3) is 3.59. The second-order valence-corrected chi connectivity index (χ2v) is 4.59. The van der Waals surface area contributed by atoms with Crippen LogP contribution in [0.15, 0.2) is 30.5 Å². The maximum absolute atomic E-state index is 11.6. The monoisotopic (exact) mass is 293 g/mol. The van der Waals surface area contributed by atoms with Gasteiger partial charge in [0.2, 0.25) is 0 Å². The van der Waals surface area contributed by atoms with E-state index in [4.69, 9.17) is 16.3 Å². The molecule has 5 nitrogen and oxygen atoms in total. The summed E-state index contributed by atoms with van der Waals surface area (Å²) in [5, 5.41) is 7.11. The Hall–Kier alpha value is -1.85. The number of ether oxygens (including phenoxy) is 1. The molecule has 2 N–H and O–H groups in total. The summed E-state index contributed by atoms with van der Waals surface area (Å²) in [6.07, 6.45) is 1.67. The highest BCUT2D eigenvalue weighted by Gasteiger charge is 2.08. The van der Waals surface area contributed by atoms with E-state index in [0.29, 0.717) is 22.8 Å². The van der Waals surface area contributed by atoms with Crippen LogP contribution in [0.4, 0.5) is 0 Å². The first-order valence-corrected chi connectivity index (χ1v) is 6.67. The highest BCUT2D eigenvalue weighted by Crippen LogP contribution is 2.29. The highest BCUT2D eigenvalue weighted by atomic mass is 35.5. The zero-order valence-electron chi connectivity index (χ0n) is 11.1. The van der Waals surface area contributed by atoms with Gasteiger partial charge in [0.15, 0.2) is 6.61 Å². The minimum atomic E-state index is -0.167. The fraction of sp³-hybridized carbons (Fsp3) is 0.286. The molecule has 1 aromatic carbocycles. The van der Waals surface area contributed by atoms with E-state index in [2.05, 4.69) is 15.6 Å². The predicted molar refractivity (Wildman–Crippen MR) is 79.2 cm³/mol. The molecule has 0 saturated carbocycles. The van der Waals surface area contributed by atoms with E-state index in [-0.39, 0.29) is 12.5 Å². The van der Waals surface area contributed by atoms with Gasteiger partial charge in [0.05, 0.1) is 5.02 Å². The molecule has 6 heteroatoms. The first kappa shape index (κ1) is 14.6. The van der Waals surface area contributed by atoms with Crippen molar-refractivity contribution in [2.45, 2.75) is 0 Å². The predicted octanol–water partition coefficient (Wildman–Crippen LogP) is 1.60. The van der Waals surface area contributed by atoms with Gasteiger partial charge in [-0.3, -0.25) is 9.78 Å². The van der Waals surface area contributed by atoms with Gasteiger partial charge in [-0.25, -0.2) is 0 Å². The van der Waals surface area contributed by atoms with Gasteiger partial charge in [0.1, 0.15) is 11.3 Å². The van der Waals surface area contributed by atoms with Crippen molar-refractivity contribution >= 4 is 28.4 Å². The Morgan fingerprint density at radius 3 is 3.00 bits per heavy atom.